The van der Waals surface area contributed by atoms with Crippen LogP contribution >= 0.6 is 11.6 Å². The quantitative estimate of drug-likeness (QED) is 0.0272. The molecule has 0 bridgehead atoms. The van der Waals surface area contributed by atoms with Crippen molar-refractivity contribution in [1.82, 2.24) is 0 Å². The lowest BCUT2D eigenvalue weighted by Gasteiger charge is -2.14. The number of fused-ring (bicyclic) bond motifs is 1. The van der Waals surface area contributed by atoms with E-state index in [2.05, 4.69) is 39.6 Å². The highest BCUT2D eigenvalue weighted by molar-refractivity contribution is 7.92. The summed E-state index contributed by atoms with van der Waals surface area (Å²) in [5, 5.41) is 33.9. The lowest BCUT2D eigenvalue weighted by molar-refractivity contribution is 0.284. The van der Waals surface area contributed by atoms with E-state index in [1.165, 1.54) is 48.5 Å². The summed E-state index contributed by atoms with van der Waals surface area (Å²) in [6.45, 7) is -0.908. The number of nitrogen functional groups attached to an aromatic ring is 3. The van der Waals surface area contributed by atoms with Crippen LogP contribution in [0.5, 0.6) is 5.75 Å². The summed E-state index contributed by atoms with van der Waals surface area (Å²) in [5.74, 6) is -1.96. The smallest absolute Gasteiger partial charge is 0.397 e. The second-order valence-electron chi connectivity index (χ2n) is 13.5. The predicted molar refractivity (Wildman–Crippen MR) is 242 cm³/mol. The van der Waals surface area contributed by atoms with Gasteiger partial charge in [0.2, 0.25) is 0 Å². The maximum atomic E-state index is 13.2. The van der Waals surface area contributed by atoms with Crippen LogP contribution in [-0.2, 0) is 54.7 Å². The Morgan fingerprint density at radius 1 is 0.582 bits per heavy atom. The van der Waals surface area contributed by atoms with Crippen LogP contribution in [0.25, 0.3) is 10.8 Å². The first-order valence-corrected chi connectivity index (χ1v) is 25.7. The minimum atomic E-state index is -5.29. The molecule has 25 nitrogen and oxygen atoms in total. The van der Waals surface area contributed by atoms with Gasteiger partial charge in [-0.15, -0.1) is 15.3 Å². The molecule has 0 radical (unpaired) electrons. The molecule has 0 saturated heterocycles. The monoisotopic (exact) mass is 1040 g/mol. The Morgan fingerprint density at radius 3 is 1.58 bits per heavy atom. The van der Waals surface area contributed by atoms with E-state index >= 15 is 0 Å². The van der Waals surface area contributed by atoms with Crippen molar-refractivity contribution in [3.63, 3.8) is 0 Å². The first-order chi connectivity index (χ1) is 31.1. The molecule has 0 aliphatic carbocycles. The minimum Gasteiger partial charge on any atom is -0.505 e. The van der Waals surface area contributed by atoms with E-state index in [1.54, 1.807) is 0 Å². The van der Waals surface area contributed by atoms with E-state index in [0.717, 1.165) is 36.4 Å². The molecule has 0 unspecified atom stereocenters. The minimum absolute atomic E-state index is 0.0804. The summed E-state index contributed by atoms with van der Waals surface area (Å²) in [6, 6.07) is 18.7. The maximum absolute atomic E-state index is 13.2. The zero-order valence-electron chi connectivity index (χ0n) is 33.3. The number of halogens is 1. The highest BCUT2D eigenvalue weighted by atomic mass is 35.5. The molecular formula is C36H31ClN10O15S5. The third-order valence-electron chi connectivity index (χ3n) is 8.87. The number of sulfone groups is 1. The lowest BCUT2D eigenvalue weighted by Crippen LogP contribution is -2.15. The molecule has 0 fully saturated rings. The van der Waals surface area contributed by atoms with Gasteiger partial charge >= 0.3 is 10.4 Å². The van der Waals surface area contributed by atoms with E-state index in [4.69, 9.17) is 33.4 Å². The molecule has 0 atom stereocenters. The van der Waals surface area contributed by atoms with Crippen molar-refractivity contribution in [2.24, 2.45) is 30.7 Å². The average Bonchev–Trinajstić information content (AvgIpc) is 3.23. The molecule has 11 N–H and O–H groups in total. The van der Waals surface area contributed by atoms with Gasteiger partial charge in [0.1, 0.15) is 26.9 Å². The Bertz CT molecular complexity index is 3620. The first-order valence-electron chi connectivity index (χ1n) is 18.0. The highest BCUT2D eigenvalue weighted by Crippen LogP contribution is 2.48. The maximum Gasteiger partial charge on any atom is 0.397 e. The summed E-state index contributed by atoms with van der Waals surface area (Å²) in [7, 11) is -23.8. The van der Waals surface area contributed by atoms with E-state index in [1.807, 2.05) is 0 Å². The molecule has 67 heavy (non-hydrogen) atoms. The second-order valence-corrected chi connectivity index (χ2v) is 21.6. The molecule has 31 heteroatoms. The van der Waals surface area contributed by atoms with E-state index < -0.39 is 106 Å². The van der Waals surface area contributed by atoms with Crippen molar-refractivity contribution in [2.75, 3.05) is 34.3 Å². The highest BCUT2D eigenvalue weighted by Gasteiger charge is 2.28. The zero-order valence-corrected chi connectivity index (χ0v) is 38.1. The number of benzene rings is 6. The van der Waals surface area contributed by atoms with Crippen LogP contribution in [0.4, 0.5) is 56.9 Å². The average molecular weight is 1040 g/mol. The number of anilines is 4. The van der Waals surface area contributed by atoms with Crippen LogP contribution in [0.15, 0.2) is 147 Å². The van der Waals surface area contributed by atoms with Gasteiger partial charge in [0.05, 0.1) is 66.7 Å². The number of phenols is 1. The van der Waals surface area contributed by atoms with Crippen LogP contribution < -0.4 is 21.9 Å². The topological polar surface area (TPSA) is 425 Å². The second kappa shape index (κ2) is 18.9. The summed E-state index contributed by atoms with van der Waals surface area (Å²) < 4.78 is 158. The molecule has 0 amide bonds. The van der Waals surface area contributed by atoms with Gasteiger partial charge in [-0.05, 0) is 102 Å². The van der Waals surface area contributed by atoms with E-state index in [0.29, 0.717) is 17.8 Å². The lowest BCUT2D eigenvalue weighted by atomic mass is 10.1. The number of aromatic hydroxyl groups is 1. The van der Waals surface area contributed by atoms with Gasteiger partial charge in [-0.1, -0.05) is 11.6 Å². The molecule has 352 valence electrons. The third-order valence-corrected chi connectivity index (χ3v) is 14.5. The first kappa shape index (κ1) is 49.7. The molecule has 0 aromatic heterocycles. The molecule has 0 saturated carbocycles. The number of sulfonamides is 1. The van der Waals surface area contributed by atoms with Crippen molar-refractivity contribution in [3.05, 3.63) is 102 Å². The van der Waals surface area contributed by atoms with Crippen molar-refractivity contribution in [1.29, 1.82) is 0 Å². The van der Waals surface area contributed by atoms with Crippen LogP contribution in [-0.4, -0.2) is 73.2 Å². The summed E-state index contributed by atoms with van der Waals surface area (Å²) in [5.41, 5.74) is 16.4. The number of nitrogens with zero attached hydrogens (tertiary/aromatic N) is 6. The summed E-state index contributed by atoms with van der Waals surface area (Å²) in [4.78, 5) is -2.76. The van der Waals surface area contributed by atoms with Crippen molar-refractivity contribution in [3.8, 4) is 5.75 Å². The number of rotatable bonds is 16. The third kappa shape index (κ3) is 12.0. The molecule has 6 aromatic rings. The molecule has 0 heterocycles. The number of hydrogen-bond acceptors (Lipinski definition) is 21. The molecule has 6 aromatic carbocycles. The standard InChI is InChI=1S/C36H31ClN10O15S5/c37-26-17-29(28(39)18-27(26)38)44-41-20-1-3-23(4-2-20)47-64(51,52)25-11-7-22(8-12-25)42-45-34-30(65(53,54)55)15-19-16-31(66(56,57)58)35(36(48)32(19)33(34)40)46-43-21-5-9-24(10-6-21)63(49,50)14-13-62-67(59,60)61/h1-12,15-18,47-48H,13-14,38-40H2,(H,53,54,55)(H,56,57,58)(H,59,60,61). The summed E-state index contributed by atoms with van der Waals surface area (Å²) >= 11 is 6.02. The fraction of sp³-hybridized carbons (Fsp3) is 0.0556. The fourth-order valence-corrected chi connectivity index (χ4v) is 9.74. The van der Waals surface area contributed by atoms with Gasteiger partial charge in [0.15, 0.2) is 15.6 Å². The Balaban J connectivity index is 1.26. The molecule has 6 rings (SSSR count). The predicted octanol–water partition coefficient (Wildman–Crippen LogP) is 7.08. The molecular weight excluding hydrogens is 1010 g/mol. The number of phenolic OH excluding ortho intramolecular Hbond substituents is 1. The number of hydrogen-bond donors (Lipinski definition) is 8. The van der Waals surface area contributed by atoms with Gasteiger partial charge in [0.25, 0.3) is 30.3 Å². The zero-order chi connectivity index (χ0) is 49.3. The normalized spacial score (nSPS) is 13.0. The number of azo groups is 3. The Hall–Kier alpha value is -6.74. The van der Waals surface area contributed by atoms with Crippen molar-refractivity contribution >= 4 is 130 Å². The summed E-state index contributed by atoms with van der Waals surface area (Å²) in [6.07, 6.45) is 0. The SMILES string of the molecule is Nc1cc(N)c(N=Nc2ccc(NS(=O)(=O)c3ccc(N=Nc4c(S(=O)(=O)O)cc5cc(S(=O)(=O)O)c(N=Nc6ccc(S(=O)(=O)CCOS(=O)(=O)O)cc6)c(O)c5c4N)cc3)cc2)cc1Cl. The number of nitrogens with two attached hydrogens (primary N) is 3. The van der Waals surface area contributed by atoms with Crippen LogP contribution in [0.2, 0.25) is 5.02 Å². The van der Waals surface area contributed by atoms with Gasteiger partial charge in [-0.3, -0.25) is 18.4 Å². The van der Waals surface area contributed by atoms with Gasteiger partial charge < -0.3 is 22.3 Å². The van der Waals surface area contributed by atoms with E-state index in [-0.39, 0.29) is 48.9 Å². The van der Waals surface area contributed by atoms with Gasteiger partial charge in [-0.25, -0.2) is 21.0 Å². The van der Waals surface area contributed by atoms with Crippen LogP contribution in [0.3, 0.4) is 0 Å². The van der Waals surface area contributed by atoms with Crippen molar-refractivity contribution in [2.45, 2.75) is 19.6 Å². The fourth-order valence-electron chi connectivity index (χ4n) is 5.70. The Morgan fingerprint density at radius 2 is 1.06 bits per heavy atom. The van der Waals surface area contributed by atoms with Crippen molar-refractivity contribution < 1.29 is 65.0 Å². The molecule has 0 aliphatic heterocycles. The largest absolute Gasteiger partial charge is 0.505 e. The van der Waals surface area contributed by atoms with Crippen LogP contribution in [0, 0.1) is 0 Å². The number of nitrogens with one attached hydrogen (secondary N) is 1. The van der Waals surface area contributed by atoms with Crippen LogP contribution in [0.1, 0.15) is 0 Å². The Labute approximate surface area is 385 Å². The Kier molecular flexibility index (Phi) is 14.0. The van der Waals surface area contributed by atoms with Gasteiger partial charge in [-0.2, -0.15) is 40.6 Å². The van der Waals surface area contributed by atoms with E-state index in [9.17, 15) is 56.3 Å². The molecule has 0 aliphatic rings. The molecule has 0 spiro atoms. The van der Waals surface area contributed by atoms with Gasteiger partial charge in [0, 0.05) is 5.69 Å².